The summed E-state index contributed by atoms with van der Waals surface area (Å²) < 4.78 is 5.16. The largest absolute Gasteiger partial charge is 0.369 e. The van der Waals surface area contributed by atoms with Crippen LogP contribution in [0.1, 0.15) is 27.2 Å². The summed E-state index contributed by atoms with van der Waals surface area (Å²) in [4.78, 5) is 11.1. The smallest absolute Gasteiger partial charge is 0.246 e. The number of nitrogens with one attached hydrogen (secondary N) is 1. The molecule has 70 valence electrons. The zero-order valence-corrected chi connectivity index (χ0v) is 7.96. The molecule has 1 fully saturated rings. The van der Waals surface area contributed by atoms with E-state index in [1.807, 2.05) is 13.8 Å². The number of carbonyl (C=O) groups excluding carboxylic acids is 1. The van der Waals surface area contributed by atoms with Crippen molar-refractivity contribution in [3.8, 4) is 0 Å². The summed E-state index contributed by atoms with van der Waals surface area (Å²) >= 11 is 0. The molecule has 2 unspecified atom stereocenters. The van der Waals surface area contributed by atoms with Gasteiger partial charge >= 0.3 is 0 Å². The van der Waals surface area contributed by atoms with Crippen molar-refractivity contribution in [2.24, 2.45) is 5.92 Å². The maximum atomic E-state index is 11.1. The van der Waals surface area contributed by atoms with E-state index in [4.69, 9.17) is 4.74 Å². The quantitative estimate of drug-likeness (QED) is 0.683. The van der Waals surface area contributed by atoms with Crippen molar-refractivity contribution in [2.75, 3.05) is 6.61 Å². The van der Waals surface area contributed by atoms with Crippen molar-refractivity contribution in [2.45, 2.75) is 39.3 Å². The highest BCUT2D eigenvalue weighted by atomic mass is 16.5. The van der Waals surface area contributed by atoms with Crippen molar-refractivity contribution in [3.63, 3.8) is 0 Å². The molecule has 2 atom stereocenters. The van der Waals surface area contributed by atoms with Gasteiger partial charge in [0.2, 0.25) is 5.91 Å². The van der Waals surface area contributed by atoms with Gasteiger partial charge in [-0.2, -0.15) is 0 Å². The Morgan fingerprint density at radius 3 is 2.67 bits per heavy atom. The predicted octanol–water partition coefficient (Wildman–Crippen LogP) is 0.936. The fraction of sp³-hybridized carbons (Fsp3) is 0.889. The second kappa shape index (κ2) is 3.90. The first kappa shape index (κ1) is 9.52. The summed E-state index contributed by atoms with van der Waals surface area (Å²) in [7, 11) is 0. The molecular formula is C9H17NO2. The van der Waals surface area contributed by atoms with Crippen LogP contribution in [0.15, 0.2) is 0 Å². The van der Waals surface area contributed by atoms with Crippen LogP contribution in [0, 0.1) is 5.92 Å². The monoisotopic (exact) mass is 171 g/mol. The van der Waals surface area contributed by atoms with Gasteiger partial charge in [0.15, 0.2) is 0 Å². The summed E-state index contributed by atoms with van der Waals surface area (Å²) in [6.45, 7) is 6.18. The van der Waals surface area contributed by atoms with Gasteiger partial charge in [-0.05, 0) is 26.2 Å². The van der Waals surface area contributed by atoms with Crippen molar-refractivity contribution in [1.29, 1.82) is 0 Å². The summed E-state index contributed by atoms with van der Waals surface area (Å²) in [6, 6.07) is 0.410. The molecule has 1 rings (SSSR count). The lowest BCUT2D eigenvalue weighted by atomic mass is 10.4. The van der Waals surface area contributed by atoms with E-state index in [0.717, 1.165) is 6.42 Å². The normalized spacial score (nSPS) is 27.3. The number of ether oxygens (including phenoxy) is 1. The van der Waals surface area contributed by atoms with E-state index in [1.54, 1.807) is 0 Å². The van der Waals surface area contributed by atoms with Crippen molar-refractivity contribution in [3.05, 3.63) is 0 Å². The Balaban J connectivity index is 2.04. The van der Waals surface area contributed by atoms with Crippen LogP contribution in [0.3, 0.4) is 0 Å². The van der Waals surface area contributed by atoms with Crippen LogP contribution in [-0.2, 0) is 9.53 Å². The van der Waals surface area contributed by atoms with Gasteiger partial charge in [0.25, 0.3) is 0 Å². The van der Waals surface area contributed by atoms with Crippen LogP contribution >= 0.6 is 0 Å². The lowest BCUT2D eigenvalue weighted by molar-refractivity contribution is -0.127. The van der Waals surface area contributed by atoms with E-state index in [-0.39, 0.29) is 18.6 Å². The third-order valence-electron chi connectivity index (χ3n) is 2.00. The first-order valence-corrected chi connectivity index (χ1v) is 4.50. The van der Waals surface area contributed by atoms with E-state index < -0.39 is 0 Å². The van der Waals surface area contributed by atoms with Crippen LogP contribution in [0.2, 0.25) is 0 Å². The zero-order chi connectivity index (χ0) is 9.14. The van der Waals surface area contributed by atoms with Gasteiger partial charge < -0.3 is 10.1 Å². The molecule has 0 aromatic heterocycles. The van der Waals surface area contributed by atoms with Crippen LogP contribution in [0.25, 0.3) is 0 Å². The minimum atomic E-state index is 0.0121. The zero-order valence-electron chi connectivity index (χ0n) is 7.96. The van der Waals surface area contributed by atoms with Crippen LogP contribution < -0.4 is 5.32 Å². The number of amides is 1. The highest BCUT2D eigenvalue weighted by molar-refractivity contribution is 5.77. The van der Waals surface area contributed by atoms with E-state index in [0.29, 0.717) is 12.0 Å². The van der Waals surface area contributed by atoms with Crippen molar-refractivity contribution >= 4 is 5.91 Å². The second-order valence-electron chi connectivity index (χ2n) is 3.75. The molecule has 0 aromatic rings. The molecule has 0 heterocycles. The van der Waals surface area contributed by atoms with Gasteiger partial charge in [-0.15, -0.1) is 0 Å². The van der Waals surface area contributed by atoms with Crippen molar-refractivity contribution in [1.82, 2.24) is 5.32 Å². The molecule has 0 aromatic carbocycles. The summed E-state index contributed by atoms with van der Waals surface area (Å²) in [5, 5.41) is 2.90. The molecule has 1 saturated carbocycles. The Morgan fingerprint density at radius 2 is 2.25 bits per heavy atom. The molecule has 0 aliphatic heterocycles. The Kier molecular flexibility index (Phi) is 3.09. The van der Waals surface area contributed by atoms with E-state index in [9.17, 15) is 4.79 Å². The standard InChI is InChI=1S/C9H17NO2/c1-6(2)12-5-9(11)10-8-4-7(8)3/h6-8H,4-5H2,1-3H3,(H,10,11). The van der Waals surface area contributed by atoms with E-state index >= 15 is 0 Å². The Hall–Kier alpha value is -0.570. The minimum Gasteiger partial charge on any atom is -0.369 e. The average molecular weight is 171 g/mol. The van der Waals surface area contributed by atoms with Crippen molar-refractivity contribution < 1.29 is 9.53 Å². The van der Waals surface area contributed by atoms with Crippen LogP contribution in [0.5, 0.6) is 0 Å². The molecule has 1 amide bonds. The third kappa shape index (κ3) is 3.22. The average Bonchev–Trinajstić information content (AvgIpc) is 2.62. The van der Waals surface area contributed by atoms with Gasteiger partial charge in [0.05, 0.1) is 6.10 Å². The van der Waals surface area contributed by atoms with Gasteiger partial charge in [-0.3, -0.25) is 4.79 Å². The molecular weight excluding hydrogens is 154 g/mol. The molecule has 1 aliphatic carbocycles. The van der Waals surface area contributed by atoms with Gasteiger partial charge in [0, 0.05) is 6.04 Å². The van der Waals surface area contributed by atoms with Gasteiger partial charge in [-0.1, -0.05) is 6.92 Å². The molecule has 0 radical (unpaired) electrons. The molecule has 3 heteroatoms. The fourth-order valence-electron chi connectivity index (χ4n) is 1.01. The SMILES string of the molecule is CC(C)OCC(=O)NC1CC1C. The van der Waals surface area contributed by atoms with Gasteiger partial charge in [-0.25, -0.2) is 0 Å². The summed E-state index contributed by atoms with van der Waals surface area (Å²) in [5.41, 5.74) is 0. The lowest BCUT2D eigenvalue weighted by Crippen LogP contribution is -2.31. The molecule has 0 bridgehead atoms. The summed E-state index contributed by atoms with van der Waals surface area (Å²) in [5.74, 6) is 0.672. The van der Waals surface area contributed by atoms with E-state index in [1.165, 1.54) is 0 Å². The molecule has 1 aliphatic rings. The Bertz CT molecular complexity index is 168. The van der Waals surface area contributed by atoms with Crippen LogP contribution in [0.4, 0.5) is 0 Å². The van der Waals surface area contributed by atoms with E-state index in [2.05, 4.69) is 12.2 Å². The number of carbonyl (C=O) groups is 1. The Labute approximate surface area is 73.5 Å². The fourth-order valence-corrected chi connectivity index (χ4v) is 1.01. The first-order valence-electron chi connectivity index (χ1n) is 4.50. The molecule has 12 heavy (non-hydrogen) atoms. The first-order chi connectivity index (χ1) is 5.59. The highest BCUT2D eigenvalue weighted by Crippen LogP contribution is 2.28. The van der Waals surface area contributed by atoms with Crippen LogP contribution in [-0.4, -0.2) is 24.7 Å². The molecule has 3 nitrogen and oxygen atoms in total. The minimum absolute atomic E-state index is 0.0121. The third-order valence-corrected chi connectivity index (χ3v) is 2.00. The number of rotatable bonds is 4. The highest BCUT2D eigenvalue weighted by Gasteiger charge is 2.33. The summed E-state index contributed by atoms with van der Waals surface area (Å²) in [6.07, 6.45) is 1.25. The maximum absolute atomic E-state index is 11.1. The molecule has 1 N–H and O–H groups in total. The molecule has 0 spiro atoms. The predicted molar refractivity (Wildman–Crippen MR) is 46.8 cm³/mol. The van der Waals surface area contributed by atoms with Gasteiger partial charge in [0.1, 0.15) is 6.61 Å². The topological polar surface area (TPSA) is 38.3 Å². The number of hydrogen-bond donors (Lipinski definition) is 1. The molecule has 0 saturated heterocycles. The lowest BCUT2D eigenvalue weighted by Gasteiger charge is -2.07. The Morgan fingerprint density at radius 1 is 1.67 bits per heavy atom. The number of hydrogen-bond acceptors (Lipinski definition) is 2. The second-order valence-corrected chi connectivity index (χ2v) is 3.75. The maximum Gasteiger partial charge on any atom is 0.246 e.